The van der Waals surface area contributed by atoms with Crippen LogP contribution in [-0.4, -0.2) is 15.9 Å². The van der Waals surface area contributed by atoms with Crippen molar-refractivity contribution in [3.05, 3.63) is 65.4 Å². The number of carbonyl (C=O) groups excluding carboxylic acids is 1. The van der Waals surface area contributed by atoms with Crippen LogP contribution in [0.2, 0.25) is 0 Å². The highest BCUT2D eigenvalue weighted by Crippen LogP contribution is 2.23. The van der Waals surface area contributed by atoms with Gasteiger partial charge in [0.2, 0.25) is 11.9 Å². The fourth-order valence-corrected chi connectivity index (χ4v) is 2.68. The van der Waals surface area contributed by atoms with Crippen molar-refractivity contribution in [3.8, 4) is 0 Å². The third-order valence-electron chi connectivity index (χ3n) is 4.18. The van der Waals surface area contributed by atoms with Crippen molar-refractivity contribution in [2.45, 2.75) is 27.7 Å². The predicted molar refractivity (Wildman–Crippen MR) is 110 cm³/mol. The molecule has 0 saturated heterocycles. The van der Waals surface area contributed by atoms with Crippen LogP contribution in [0.25, 0.3) is 0 Å². The monoisotopic (exact) mass is 361 g/mol. The summed E-state index contributed by atoms with van der Waals surface area (Å²) in [5.41, 5.74) is 5.86. The van der Waals surface area contributed by atoms with E-state index in [1.165, 1.54) is 18.1 Å². The Balaban J connectivity index is 1.79. The van der Waals surface area contributed by atoms with Gasteiger partial charge >= 0.3 is 0 Å². The zero-order valence-electron chi connectivity index (χ0n) is 15.9. The molecule has 1 heterocycles. The van der Waals surface area contributed by atoms with E-state index in [2.05, 4.69) is 45.8 Å². The molecule has 0 bridgehead atoms. The van der Waals surface area contributed by atoms with Crippen LogP contribution in [0.15, 0.2) is 48.5 Å². The number of aryl methyl sites for hydroxylation is 2. The lowest BCUT2D eigenvalue weighted by Gasteiger charge is -2.13. The summed E-state index contributed by atoms with van der Waals surface area (Å²) in [5.74, 6) is 1.15. The number of hydrogen-bond donors (Lipinski definition) is 3. The number of amides is 1. The number of anilines is 5. The van der Waals surface area contributed by atoms with Crippen LogP contribution in [0, 0.1) is 20.8 Å². The maximum absolute atomic E-state index is 11.1. The minimum Gasteiger partial charge on any atom is -0.340 e. The maximum Gasteiger partial charge on any atom is 0.229 e. The van der Waals surface area contributed by atoms with E-state index < -0.39 is 0 Å². The number of carbonyl (C=O) groups is 1. The molecule has 3 aromatic rings. The summed E-state index contributed by atoms with van der Waals surface area (Å²) in [7, 11) is 0. The molecule has 3 N–H and O–H groups in total. The highest BCUT2D eigenvalue weighted by molar-refractivity contribution is 5.88. The fraction of sp³-hybridized carbons (Fsp3) is 0.190. The van der Waals surface area contributed by atoms with Crippen LogP contribution >= 0.6 is 0 Å². The summed E-state index contributed by atoms with van der Waals surface area (Å²) in [5, 5.41) is 9.32. The van der Waals surface area contributed by atoms with Gasteiger partial charge in [0.15, 0.2) is 0 Å². The van der Waals surface area contributed by atoms with Crippen LogP contribution < -0.4 is 16.0 Å². The van der Waals surface area contributed by atoms with Gasteiger partial charge in [-0.05, 0) is 62.2 Å². The third-order valence-corrected chi connectivity index (χ3v) is 4.18. The molecule has 0 aliphatic rings. The highest BCUT2D eigenvalue weighted by Gasteiger charge is 2.06. The van der Waals surface area contributed by atoms with Gasteiger partial charge < -0.3 is 16.0 Å². The number of aromatic nitrogens is 2. The van der Waals surface area contributed by atoms with Gasteiger partial charge in [-0.1, -0.05) is 12.1 Å². The van der Waals surface area contributed by atoms with Crippen LogP contribution in [0.4, 0.5) is 28.8 Å². The molecule has 3 rings (SSSR count). The molecule has 0 atom stereocenters. The number of rotatable bonds is 5. The molecule has 6 heteroatoms. The Morgan fingerprint density at radius 1 is 0.889 bits per heavy atom. The molecule has 1 amide bonds. The number of benzene rings is 2. The second-order valence-electron chi connectivity index (χ2n) is 6.47. The van der Waals surface area contributed by atoms with Crippen molar-refractivity contribution in [2.24, 2.45) is 0 Å². The van der Waals surface area contributed by atoms with Gasteiger partial charge in [-0.2, -0.15) is 4.98 Å². The largest absolute Gasteiger partial charge is 0.340 e. The lowest BCUT2D eigenvalue weighted by atomic mass is 10.1. The molecule has 138 valence electrons. The summed E-state index contributed by atoms with van der Waals surface area (Å²) < 4.78 is 0. The van der Waals surface area contributed by atoms with E-state index in [0.717, 1.165) is 22.8 Å². The van der Waals surface area contributed by atoms with E-state index >= 15 is 0 Å². The molecule has 0 radical (unpaired) electrons. The summed E-state index contributed by atoms with van der Waals surface area (Å²) >= 11 is 0. The average molecular weight is 361 g/mol. The first-order valence-electron chi connectivity index (χ1n) is 8.74. The Kier molecular flexibility index (Phi) is 5.35. The van der Waals surface area contributed by atoms with E-state index in [-0.39, 0.29) is 5.91 Å². The number of nitrogens with zero attached hydrogens (tertiary/aromatic N) is 2. The van der Waals surface area contributed by atoms with Gasteiger partial charge in [0.25, 0.3) is 0 Å². The van der Waals surface area contributed by atoms with Crippen LogP contribution in [-0.2, 0) is 4.79 Å². The standard InChI is InChI=1S/C21H23N5O/c1-13-6-5-7-19(15(13)3)25-21-22-14(2)12-20(26-21)24-18-10-8-17(9-11-18)23-16(4)27/h5-12H,1-4H3,(H,23,27)(H2,22,24,25,26). The van der Waals surface area contributed by atoms with Gasteiger partial charge in [0.05, 0.1) is 0 Å². The smallest absolute Gasteiger partial charge is 0.229 e. The minimum absolute atomic E-state index is 0.0932. The molecular formula is C21H23N5O. The maximum atomic E-state index is 11.1. The molecule has 1 aromatic heterocycles. The second-order valence-corrected chi connectivity index (χ2v) is 6.47. The molecule has 0 unspecified atom stereocenters. The Bertz CT molecular complexity index is 967. The minimum atomic E-state index is -0.0932. The lowest BCUT2D eigenvalue weighted by Crippen LogP contribution is -2.06. The molecule has 0 spiro atoms. The molecule has 6 nitrogen and oxygen atoms in total. The molecule has 27 heavy (non-hydrogen) atoms. The normalized spacial score (nSPS) is 10.4. The van der Waals surface area contributed by atoms with Crippen LogP contribution in [0.1, 0.15) is 23.7 Å². The Hall–Kier alpha value is -3.41. The number of hydrogen-bond acceptors (Lipinski definition) is 5. The first-order valence-corrected chi connectivity index (χ1v) is 8.74. The van der Waals surface area contributed by atoms with Gasteiger partial charge in [0.1, 0.15) is 5.82 Å². The van der Waals surface area contributed by atoms with E-state index in [0.29, 0.717) is 11.8 Å². The van der Waals surface area contributed by atoms with Crippen molar-refractivity contribution < 1.29 is 4.79 Å². The second kappa shape index (κ2) is 7.86. The first-order chi connectivity index (χ1) is 12.9. The van der Waals surface area contributed by atoms with E-state index in [1.807, 2.05) is 49.4 Å². The van der Waals surface area contributed by atoms with Gasteiger partial charge in [-0.25, -0.2) is 4.98 Å². The predicted octanol–water partition coefficient (Wildman–Crippen LogP) is 4.85. The molecule has 0 aliphatic carbocycles. The third kappa shape index (κ3) is 4.82. The van der Waals surface area contributed by atoms with Gasteiger partial charge in [-0.15, -0.1) is 0 Å². The van der Waals surface area contributed by atoms with Crippen molar-refractivity contribution in [3.63, 3.8) is 0 Å². The first kappa shape index (κ1) is 18.4. The van der Waals surface area contributed by atoms with Crippen molar-refractivity contribution >= 4 is 34.7 Å². The summed E-state index contributed by atoms with van der Waals surface area (Å²) in [6, 6.07) is 15.4. The lowest BCUT2D eigenvalue weighted by molar-refractivity contribution is -0.114. The summed E-state index contributed by atoms with van der Waals surface area (Å²) in [6.45, 7) is 7.57. The average Bonchev–Trinajstić information content (AvgIpc) is 2.60. The highest BCUT2D eigenvalue weighted by atomic mass is 16.1. The summed E-state index contributed by atoms with van der Waals surface area (Å²) in [6.07, 6.45) is 0. The van der Waals surface area contributed by atoms with Gasteiger partial charge in [0, 0.05) is 35.7 Å². The van der Waals surface area contributed by atoms with Crippen molar-refractivity contribution in [2.75, 3.05) is 16.0 Å². The molecule has 0 aliphatic heterocycles. The summed E-state index contributed by atoms with van der Waals surface area (Å²) in [4.78, 5) is 20.1. The fourth-order valence-electron chi connectivity index (χ4n) is 2.68. The quantitative estimate of drug-likeness (QED) is 0.605. The van der Waals surface area contributed by atoms with E-state index in [9.17, 15) is 4.79 Å². The molecular weight excluding hydrogens is 338 g/mol. The zero-order valence-corrected chi connectivity index (χ0v) is 15.9. The molecule has 0 saturated carbocycles. The molecule has 0 fully saturated rings. The topological polar surface area (TPSA) is 78.9 Å². The SMILES string of the molecule is CC(=O)Nc1ccc(Nc2cc(C)nc(Nc3cccc(C)c3C)n2)cc1. The van der Waals surface area contributed by atoms with Crippen molar-refractivity contribution in [1.82, 2.24) is 9.97 Å². The van der Waals surface area contributed by atoms with E-state index in [1.54, 1.807) is 0 Å². The Morgan fingerprint density at radius 2 is 1.59 bits per heavy atom. The van der Waals surface area contributed by atoms with Gasteiger partial charge in [-0.3, -0.25) is 4.79 Å². The zero-order chi connectivity index (χ0) is 19.4. The van der Waals surface area contributed by atoms with E-state index in [4.69, 9.17) is 0 Å². The van der Waals surface area contributed by atoms with Crippen LogP contribution in [0.5, 0.6) is 0 Å². The number of nitrogens with one attached hydrogen (secondary N) is 3. The van der Waals surface area contributed by atoms with Crippen molar-refractivity contribution in [1.29, 1.82) is 0 Å². The Labute approximate surface area is 159 Å². The van der Waals surface area contributed by atoms with Crippen LogP contribution in [0.3, 0.4) is 0 Å². The molecule has 2 aromatic carbocycles. The Morgan fingerprint density at radius 3 is 2.30 bits per heavy atom.